The van der Waals surface area contributed by atoms with Crippen LogP contribution in [0.1, 0.15) is 12.5 Å². The predicted octanol–water partition coefficient (Wildman–Crippen LogP) is 3.28. The van der Waals surface area contributed by atoms with Gasteiger partial charge in [-0.05, 0) is 38.1 Å². The van der Waals surface area contributed by atoms with Crippen LogP contribution in [-0.2, 0) is 0 Å². The summed E-state index contributed by atoms with van der Waals surface area (Å²) in [5, 5.41) is 0. The van der Waals surface area contributed by atoms with Crippen molar-refractivity contribution in [2.75, 3.05) is 26.1 Å². The first-order chi connectivity index (χ1) is 6.50. The molecule has 0 saturated heterocycles. The smallest absolute Gasteiger partial charge is 0.00481 e. The Balaban J connectivity index is 3.09. The zero-order valence-electron chi connectivity index (χ0n) is 9.87. The van der Waals surface area contributed by atoms with E-state index in [0.717, 1.165) is 6.54 Å². The minimum atomic E-state index is -0.786. The van der Waals surface area contributed by atoms with Gasteiger partial charge in [-0.2, -0.15) is 10.2 Å². The van der Waals surface area contributed by atoms with E-state index in [1.807, 2.05) is 0 Å². The van der Waals surface area contributed by atoms with Crippen LogP contribution in [0.15, 0.2) is 29.2 Å². The summed E-state index contributed by atoms with van der Waals surface area (Å²) in [6, 6.07) is 8.71. The Bertz CT molecular complexity index is 307. The highest BCUT2D eigenvalue weighted by Gasteiger charge is 2.20. The molecule has 0 amide bonds. The lowest BCUT2D eigenvalue weighted by Crippen LogP contribution is -2.22. The average molecular weight is 211 g/mol. The lowest BCUT2D eigenvalue weighted by Gasteiger charge is -2.41. The second kappa shape index (κ2) is 4.37. The fourth-order valence-corrected chi connectivity index (χ4v) is 3.86. The molecule has 1 rings (SSSR count). The van der Waals surface area contributed by atoms with Crippen LogP contribution in [-0.4, -0.2) is 30.4 Å². The van der Waals surface area contributed by atoms with Gasteiger partial charge in [-0.1, -0.05) is 25.1 Å². The minimum absolute atomic E-state index is 0.786. The maximum Gasteiger partial charge on any atom is 0.00481 e. The van der Waals surface area contributed by atoms with Gasteiger partial charge in [-0.25, -0.2) is 0 Å². The third-order valence-electron chi connectivity index (χ3n) is 2.86. The molecule has 0 atom stereocenters. The standard InChI is InChI=1S/C12H21NS/c1-6-13(3)14(4,5)12-10-8-7-9-11(12)2/h7-10H,6H2,1-5H3. The maximum absolute atomic E-state index is 2.45. The highest BCUT2D eigenvalue weighted by Crippen LogP contribution is 2.52. The van der Waals surface area contributed by atoms with Gasteiger partial charge in [0.1, 0.15) is 0 Å². The van der Waals surface area contributed by atoms with Crippen molar-refractivity contribution in [1.82, 2.24) is 4.31 Å². The minimum Gasteiger partial charge on any atom is -0.267 e. The number of aryl methyl sites for hydroxylation is 1. The molecule has 2 heteroatoms. The van der Waals surface area contributed by atoms with E-state index in [0.29, 0.717) is 0 Å². The van der Waals surface area contributed by atoms with Crippen molar-refractivity contribution < 1.29 is 0 Å². The molecule has 0 aromatic heterocycles. The quantitative estimate of drug-likeness (QED) is 0.741. The summed E-state index contributed by atoms with van der Waals surface area (Å²) in [4.78, 5) is 1.50. The molecule has 14 heavy (non-hydrogen) atoms. The molecule has 1 aromatic carbocycles. The summed E-state index contributed by atoms with van der Waals surface area (Å²) < 4.78 is 2.45. The van der Waals surface area contributed by atoms with E-state index in [2.05, 4.69) is 62.0 Å². The second-order valence-corrected chi connectivity index (χ2v) is 7.59. The van der Waals surface area contributed by atoms with Crippen molar-refractivity contribution in [2.45, 2.75) is 18.7 Å². The summed E-state index contributed by atoms with van der Waals surface area (Å²) >= 11 is 0. The Morgan fingerprint density at radius 1 is 1.21 bits per heavy atom. The zero-order valence-corrected chi connectivity index (χ0v) is 10.7. The van der Waals surface area contributed by atoms with Crippen LogP contribution in [0.4, 0.5) is 0 Å². The van der Waals surface area contributed by atoms with Gasteiger partial charge in [0, 0.05) is 11.4 Å². The predicted molar refractivity (Wildman–Crippen MR) is 67.2 cm³/mol. The van der Waals surface area contributed by atoms with Gasteiger partial charge in [0.05, 0.1) is 0 Å². The topological polar surface area (TPSA) is 3.24 Å². The summed E-state index contributed by atoms with van der Waals surface area (Å²) in [6.45, 7) is 5.53. The first-order valence-corrected chi connectivity index (χ1v) is 7.41. The molecule has 80 valence electrons. The van der Waals surface area contributed by atoms with Crippen LogP contribution in [0.3, 0.4) is 0 Å². The molecule has 0 aliphatic heterocycles. The third kappa shape index (κ3) is 2.12. The highest BCUT2D eigenvalue weighted by atomic mass is 32.3. The van der Waals surface area contributed by atoms with Crippen LogP contribution < -0.4 is 0 Å². The van der Waals surface area contributed by atoms with Gasteiger partial charge >= 0.3 is 0 Å². The molecule has 0 fully saturated rings. The largest absolute Gasteiger partial charge is 0.267 e. The van der Waals surface area contributed by atoms with Crippen LogP contribution in [0.25, 0.3) is 0 Å². The molecule has 1 nitrogen and oxygen atoms in total. The molecule has 0 saturated carbocycles. The number of nitrogens with zero attached hydrogens (tertiary/aromatic N) is 1. The van der Waals surface area contributed by atoms with E-state index >= 15 is 0 Å². The van der Waals surface area contributed by atoms with Crippen LogP contribution >= 0.6 is 10.2 Å². The van der Waals surface area contributed by atoms with Crippen molar-refractivity contribution in [3.63, 3.8) is 0 Å². The number of hydrogen-bond acceptors (Lipinski definition) is 1. The molecule has 0 spiro atoms. The Hall–Kier alpha value is -0.470. The van der Waals surface area contributed by atoms with Crippen LogP contribution in [0.5, 0.6) is 0 Å². The first-order valence-electron chi connectivity index (χ1n) is 5.00. The van der Waals surface area contributed by atoms with Gasteiger partial charge in [0.2, 0.25) is 0 Å². The average Bonchev–Trinajstić information content (AvgIpc) is 2.17. The molecule has 0 bridgehead atoms. The van der Waals surface area contributed by atoms with Crippen molar-refractivity contribution in [1.29, 1.82) is 0 Å². The highest BCUT2D eigenvalue weighted by molar-refractivity contribution is 8.30. The Morgan fingerprint density at radius 2 is 1.79 bits per heavy atom. The van der Waals surface area contributed by atoms with Crippen molar-refractivity contribution in [3.05, 3.63) is 29.8 Å². The summed E-state index contributed by atoms with van der Waals surface area (Å²) in [7, 11) is 1.42. The molecular weight excluding hydrogens is 190 g/mol. The maximum atomic E-state index is 2.45. The molecule has 0 heterocycles. The van der Waals surface area contributed by atoms with Gasteiger partial charge < -0.3 is 0 Å². The molecule has 0 radical (unpaired) electrons. The molecular formula is C12H21NS. The molecule has 0 aliphatic carbocycles. The fourth-order valence-electron chi connectivity index (χ4n) is 1.61. The Labute approximate surface area is 89.6 Å². The van der Waals surface area contributed by atoms with Gasteiger partial charge in [0.25, 0.3) is 0 Å². The van der Waals surface area contributed by atoms with E-state index < -0.39 is 10.2 Å². The van der Waals surface area contributed by atoms with Crippen LogP contribution in [0.2, 0.25) is 0 Å². The van der Waals surface area contributed by atoms with Crippen molar-refractivity contribution in [3.8, 4) is 0 Å². The summed E-state index contributed by atoms with van der Waals surface area (Å²) in [5.74, 6) is 0. The number of rotatable bonds is 3. The van der Waals surface area contributed by atoms with Gasteiger partial charge in [-0.3, -0.25) is 4.31 Å². The first kappa shape index (κ1) is 11.6. The fraction of sp³-hybridized carbons (Fsp3) is 0.500. The Morgan fingerprint density at radius 3 is 2.29 bits per heavy atom. The molecule has 0 N–H and O–H groups in total. The number of hydrogen-bond donors (Lipinski definition) is 0. The van der Waals surface area contributed by atoms with E-state index in [4.69, 9.17) is 0 Å². The SMILES string of the molecule is CCN(C)S(C)(C)c1ccccc1C. The third-order valence-corrected chi connectivity index (χ3v) is 6.21. The normalized spacial score (nSPS) is 13.3. The van der Waals surface area contributed by atoms with E-state index in [-0.39, 0.29) is 0 Å². The van der Waals surface area contributed by atoms with E-state index in [1.165, 1.54) is 10.5 Å². The monoisotopic (exact) mass is 211 g/mol. The van der Waals surface area contributed by atoms with Crippen molar-refractivity contribution in [2.24, 2.45) is 0 Å². The summed E-state index contributed by atoms with van der Waals surface area (Å²) in [5.41, 5.74) is 1.41. The lowest BCUT2D eigenvalue weighted by molar-refractivity contribution is 0.586. The lowest BCUT2D eigenvalue weighted by atomic mass is 10.2. The Kier molecular flexibility index (Phi) is 3.62. The van der Waals surface area contributed by atoms with Gasteiger partial charge in [-0.15, -0.1) is 0 Å². The molecule has 0 aliphatic rings. The van der Waals surface area contributed by atoms with Crippen LogP contribution in [0, 0.1) is 6.92 Å². The summed E-state index contributed by atoms with van der Waals surface area (Å²) in [6.07, 6.45) is 4.72. The van der Waals surface area contributed by atoms with E-state index in [9.17, 15) is 0 Å². The molecule has 1 aromatic rings. The van der Waals surface area contributed by atoms with Gasteiger partial charge in [0.15, 0.2) is 0 Å². The molecule has 0 unspecified atom stereocenters. The zero-order chi connectivity index (χ0) is 10.8. The second-order valence-electron chi connectivity index (χ2n) is 3.98. The number of benzene rings is 1. The van der Waals surface area contributed by atoms with Crippen molar-refractivity contribution >= 4 is 10.2 Å². The van der Waals surface area contributed by atoms with E-state index in [1.54, 1.807) is 0 Å².